The first-order valence-electron chi connectivity index (χ1n) is 10.8. The van der Waals surface area contributed by atoms with Gasteiger partial charge in [0.2, 0.25) is 0 Å². The molecule has 0 bridgehead atoms. The Morgan fingerprint density at radius 1 is 0.758 bits per heavy atom. The monoisotopic (exact) mass is 478 g/mol. The molecule has 10 atom stereocenters. The first-order chi connectivity index (χ1) is 15.7. The van der Waals surface area contributed by atoms with E-state index in [0.29, 0.717) is 12.8 Å². The van der Waals surface area contributed by atoms with Crippen molar-refractivity contribution < 1.29 is 54.4 Å². The molecule has 4 rings (SSSR count). The molecular weight excluding hydrogens is 448 g/mol. The molecule has 0 aromatic heterocycles. The van der Waals surface area contributed by atoms with E-state index in [1.165, 1.54) is 9.80 Å². The number of aliphatic hydroxyl groups excluding tert-OH is 6. The number of hydrogen-bond acceptors (Lipinski definition) is 11. The van der Waals surface area contributed by atoms with E-state index >= 15 is 0 Å². The standard InChI is InChI=1S/C18H30N4O11/c23-5-7-11(25)13(27)15(31-7)21-3-1-9(19-17(21)29)33-10-2-4-22(18(30)20-10)16-14(28)12(26)8(6-24)32-16/h7-16,23-28H,1-6H2,(H,19,29)(H,20,30)/t7-,8-,9-,10+,11+,12+,13+,14+,15-,16-/m0/s1. The molecule has 0 unspecified atom stereocenters. The highest BCUT2D eigenvalue weighted by Crippen LogP contribution is 2.28. The van der Waals surface area contributed by atoms with E-state index in [9.17, 15) is 40.2 Å². The topological polar surface area (TPSA) is 214 Å². The third kappa shape index (κ3) is 4.60. The number of urea groups is 2. The molecule has 15 heteroatoms. The Labute approximate surface area is 188 Å². The molecule has 188 valence electrons. The zero-order valence-electron chi connectivity index (χ0n) is 17.6. The minimum absolute atomic E-state index is 0.137. The van der Waals surface area contributed by atoms with Crippen molar-refractivity contribution in [2.75, 3.05) is 26.3 Å². The Morgan fingerprint density at radius 2 is 1.15 bits per heavy atom. The van der Waals surface area contributed by atoms with Crippen LogP contribution >= 0.6 is 0 Å². The van der Waals surface area contributed by atoms with Crippen molar-refractivity contribution >= 4 is 12.1 Å². The summed E-state index contributed by atoms with van der Waals surface area (Å²) in [6.45, 7) is -0.732. The summed E-state index contributed by atoms with van der Waals surface area (Å²) in [4.78, 5) is 27.4. The summed E-state index contributed by atoms with van der Waals surface area (Å²) in [5.74, 6) is 0. The van der Waals surface area contributed by atoms with Crippen molar-refractivity contribution in [2.45, 2.75) is 74.4 Å². The van der Waals surface area contributed by atoms with Crippen molar-refractivity contribution in [3.05, 3.63) is 0 Å². The fourth-order valence-corrected chi connectivity index (χ4v) is 4.46. The lowest BCUT2D eigenvalue weighted by Crippen LogP contribution is -2.62. The highest BCUT2D eigenvalue weighted by molar-refractivity contribution is 5.76. The normalized spacial score (nSPS) is 44.2. The van der Waals surface area contributed by atoms with Crippen molar-refractivity contribution in [3.8, 4) is 0 Å². The predicted molar refractivity (Wildman–Crippen MR) is 104 cm³/mol. The number of aliphatic hydroxyl groups is 6. The molecule has 0 aromatic carbocycles. The largest absolute Gasteiger partial charge is 0.394 e. The van der Waals surface area contributed by atoms with Gasteiger partial charge in [-0.05, 0) is 0 Å². The Hall–Kier alpha value is -1.82. The van der Waals surface area contributed by atoms with Crippen LogP contribution in [0.2, 0.25) is 0 Å². The Morgan fingerprint density at radius 3 is 1.45 bits per heavy atom. The molecule has 4 fully saturated rings. The summed E-state index contributed by atoms with van der Waals surface area (Å²) in [6.07, 6.45) is -10.5. The highest BCUT2D eigenvalue weighted by Gasteiger charge is 2.49. The maximum atomic E-state index is 12.5. The van der Waals surface area contributed by atoms with Crippen LogP contribution in [0.5, 0.6) is 0 Å². The van der Waals surface area contributed by atoms with E-state index in [-0.39, 0.29) is 13.1 Å². The fraction of sp³-hybridized carbons (Fsp3) is 0.889. The number of hydrogen-bond donors (Lipinski definition) is 8. The van der Waals surface area contributed by atoms with Crippen molar-refractivity contribution in [1.29, 1.82) is 0 Å². The summed E-state index contributed by atoms with van der Waals surface area (Å²) >= 11 is 0. The summed E-state index contributed by atoms with van der Waals surface area (Å²) in [5.41, 5.74) is 0. The van der Waals surface area contributed by atoms with Crippen LogP contribution in [-0.2, 0) is 14.2 Å². The van der Waals surface area contributed by atoms with Crippen LogP contribution in [0.4, 0.5) is 9.59 Å². The van der Waals surface area contributed by atoms with E-state index in [1.54, 1.807) is 0 Å². The minimum atomic E-state index is -1.37. The molecule has 4 saturated heterocycles. The molecule has 4 heterocycles. The second-order valence-electron chi connectivity index (χ2n) is 8.43. The molecule has 4 amide bonds. The number of ether oxygens (including phenoxy) is 3. The van der Waals surface area contributed by atoms with E-state index in [1.807, 2.05) is 0 Å². The van der Waals surface area contributed by atoms with Gasteiger partial charge in [0, 0.05) is 25.9 Å². The van der Waals surface area contributed by atoms with Gasteiger partial charge in [-0.25, -0.2) is 9.59 Å². The number of carbonyl (C=O) groups is 2. The van der Waals surface area contributed by atoms with Crippen LogP contribution in [0, 0.1) is 0 Å². The number of carbonyl (C=O) groups excluding carboxylic acids is 2. The molecule has 0 aromatic rings. The van der Waals surface area contributed by atoms with Gasteiger partial charge in [0.05, 0.1) is 13.2 Å². The molecule has 33 heavy (non-hydrogen) atoms. The maximum Gasteiger partial charge on any atom is 0.321 e. The lowest BCUT2D eigenvalue weighted by Gasteiger charge is -2.40. The number of amides is 4. The van der Waals surface area contributed by atoms with Crippen LogP contribution in [0.3, 0.4) is 0 Å². The average Bonchev–Trinajstić information content (AvgIpc) is 3.24. The lowest BCUT2D eigenvalue weighted by atomic mass is 10.1. The zero-order valence-corrected chi connectivity index (χ0v) is 17.6. The van der Waals surface area contributed by atoms with Gasteiger partial charge in [-0.1, -0.05) is 0 Å². The molecule has 0 radical (unpaired) electrons. The SMILES string of the molecule is O=C1N[C@H](O[C@H]2CCN([C@H]3O[C@@H](CO)[C@@H](O)[C@H]3O)C(=O)N2)CCN1[C@H]1O[C@@H](CO)[C@@H](O)[C@H]1O. The molecule has 0 spiro atoms. The first kappa shape index (κ1) is 24.3. The van der Waals surface area contributed by atoms with Gasteiger partial charge in [-0.2, -0.15) is 0 Å². The summed E-state index contributed by atoms with van der Waals surface area (Å²) in [6, 6.07) is -1.20. The third-order valence-electron chi connectivity index (χ3n) is 6.33. The molecular formula is C18H30N4O11. The van der Waals surface area contributed by atoms with Gasteiger partial charge >= 0.3 is 12.1 Å². The molecule has 4 aliphatic heterocycles. The second kappa shape index (κ2) is 9.81. The fourth-order valence-electron chi connectivity index (χ4n) is 4.46. The lowest BCUT2D eigenvalue weighted by molar-refractivity contribution is -0.118. The highest BCUT2D eigenvalue weighted by atomic mass is 16.6. The van der Waals surface area contributed by atoms with Gasteiger partial charge < -0.3 is 55.5 Å². The van der Waals surface area contributed by atoms with Gasteiger partial charge in [0.15, 0.2) is 12.5 Å². The van der Waals surface area contributed by atoms with Crippen LogP contribution in [0.15, 0.2) is 0 Å². The second-order valence-corrected chi connectivity index (χ2v) is 8.43. The summed E-state index contributed by atoms with van der Waals surface area (Å²) in [5, 5.41) is 63.6. The Balaban J connectivity index is 1.27. The molecule has 4 aliphatic rings. The van der Waals surface area contributed by atoms with Crippen molar-refractivity contribution in [1.82, 2.24) is 20.4 Å². The van der Waals surface area contributed by atoms with Crippen LogP contribution in [-0.4, -0.2) is 140 Å². The Bertz CT molecular complexity index is 674. The number of nitrogens with one attached hydrogen (secondary N) is 2. The van der Waals surface area contributed by atoms with Crippen LogP contribution in [0.1, 0.15) is 12.8 Å². The molecule has 8 N–H and O–H groups in total. The third-order valence-corrected chi connectivity index (χ3v) is 6.33. The van der Waals surface area contributed by atoms with E-state index in [2.05, 4.69) is 10.6 Å². The summed E-state index contributed by atoms with van der Waals surface area (Å²) < 4.78 is 16.5. The van der Waals surface area contributed by atoms with Gasteiger partial charge in [0.25, 0.3) is 0 Å². The van der Waals surface area contributed by atoms with E-state index < -0.39 is 86.8 Å². The van der Waals surface area contributed by atoms with E-state index in [4.69, 9.17) is 14.2 Å². The smallest absolute Gasteiger partial charge is 0.321 e. The first-order valence-corrected chi connectivity index (χ1v) is 10.8. The predicted octanol–water partition coefficient (Wildman–Crippen LogP) is -4.64. The quantitative estimate of drug-likeness (QED) is 0.182. The number of rotatable bonds is 6. The average molecular weight is 478 g/mol. The van der Waals surface area contributed by atoms with E-state index in [0.717, 1.165) is 0 Å². The van der Waals surface area contributed by atoms with Crippen molar-refractivity contribution in [3.63, 3.8) is 0 Å². The minimum Gasteiger partial charge on any atom is -0.394 e. The molecule has 0 saturated carbocycles. The number of nitrogens with zero attached hydrogens (tertiary/aromatic N) is 2. The maximum absolute atomic E-state index is 12.5. The zero-order chi connectivity index (χ0) is 23.9. The van der Waals surface area contributed by atoms with Crippen LogP contribution in [0.25, 0.3) is 0 Å². The van der Waals surface area contributed by atoms with Gasteiger partial charge in [0.1, 0.15) is 49.1 Å². The van der Waals surface area contributed by atoms with Crippen LogP contribution < -0.4 is 10.6 Å². The van der Waals surface area contributed by atoms with Crippen molar-refractivity contribution in [2.24, 2.45) is 0 Å². The van der Waals surface area contributed by atoms with Gasteiger partial charge in [-0.15, -0.1) is 0 Å². The molecule has 0 aliphatic carbocycles. The van der Waals surface area contributed by atoms with Gasteiger partial charge in [-0.3, -0.25) is 9.80 Å². The summed E-state index contributed by atoms with van der Waals surface area (Å²) in [7, 11) is 0. The molecule has 15 nitrogen and oxygen atoms in total. The Kier molecular flexibility index (Phi) is 7.23.